The SMILES string of the molecule is CCOC1CC(NCCC(N)=O)C12CCCCC2. The first-order valence-corrected chi connectivity index (χ1v) is 7.32. The van der Waals surface area contributed by atoms with Gasteiger partial charge in [0.2, 0.25) is 5.91 Å². The van der Waals surface area contributed by atoms with Gasteiger partial charge in [-0.3, -0.25) is 4.79 Å². The molecule has 2 rings (SSSR count). The van der Waals surface area contributed by atoms with Crippen molar-refractivity contribution in [2.24, 2.45) is 11.1 Å². The maximum atomic E-state index is 10.8. The molecule has 0 heterocycles. The fraction of sp³-hybridized carbons (Fsp3) is 0.929. The zero-order valence-electron chi connectivity index (χ0n) is 11.4. The van der Waals surface area contributed by atoms with Crippen molar-refractivity contribution in [1.82, 2.24) is 5.32 Å². The van der Waals surface area contributed by atoms with Gasteiger partial charge in [0.05, 0.1) is 6.10 Å². The Bertz CT molecular complexity index is 288. The van der Waals surface area contributed by atoms with Crippen LogP contribution in [-0.4, -0.2) is 31.2 Å². The van der Waals surface area contributed by atoms with Crippen LogP contribution in [0.1, 0.15) is 51.9 Å². The highest BCUT2D eigenvalue weighted by molar-refractivity contribution is 5.73. The van der Waals surface area contributed by atoms with Crippen LogP contribution in [-0.2, 0) is 9.53 Å². The van der Waals surface area contributed by atoms with Crippen LogP contribution in [0.2, 0.25) is 0 Å². The van der Waals surface area contributed by atoms with Gasteiger partial charge in [-0.1, -0.05) is 19.3 Å². The lowest BCUT2D eigenvalue weighted by molar-refractivity contribution is -0.150. The van der Waals surface area contributed by atoms with Gasteiger partial charge in [0.25, 0.3) is 0 Å². The summed E-state index contributed by atoms with van der Waals surface area (Å²) in [5, 5.41) is 3.52. The lowest BCUT2D eigenvalue weighted by Crippen LogP contribution is -2.64. The van der Waals surface area contributed by atoms with Gasteiger partial charge < -0.3 is 15.8 Å². The monoisotopic (exact) mass is 254 g/mol. The summed E-state index contributed by atoms with van der Waals surface area (Å²) in [6.45, 7) is 3.59. The van der Waals surface area contributed by atoms with Gasteiger partial charge in [-0.2, -0.15) is 0 Å². The van der Waals surface area contributed by atoms with Gasteiger partial charge in [0.1, 0.15) is 0 Å². The van der Waals surface area contributed by atoms with E-state index in [-0.39, 0.29) is 5.91 Å². The Balaban J connectivity index is 1.88. The van der Waals surface area contributed by atoms with E-state index in [0.717, 1.165) is 13.0 Å². The summed E-state index contributed by atoms with van der Waals surface area (Å²) in [5.41, 5.74) is 5.52. The minimum Gasteiger partial charge on any atom is -0.378 e. The molecule has 0 bridgehead atoms. The van der Waals surface area contributed by atoms with Gasteiger partial charge in [-0.05, 0) is 26.2 Å². The van der Waals surface area contributed by atoms with E-state index < -0.39 is 0 Å². The van der Waals surface area contributed by atoms with E-state index in [1.807, 2.05) is 0 Å². The first-order chi connectivity index (χ1) is 8.69. The Labute approximate surface area is 110 Å². The molecule has 0 aromatic rings. The molecule has 2 aliphatic carbocycles. The highest BCUT2D eigenvalue weighted by Gasteiger charge is 2.55. The van der Waals surface area contributed by atoms with Gasteiger partial charge >= 0.3 is 0 Å². The number of nitrogens with two attached hydrogens (primary N) is 1. The molecule has 0 radical (unpaired) electrons. The van der Waals surface area contributed by atoms with Crippen LogP contribution in [0, 0.1) is 5.41 Å². The second-order valence-corrected chi connectivity index (χ2v) is 5.70. The summed E-state index contributed by atoms with van der Waals surface area (Å²) < 4.78 is 5.90. The Hall–Kier alpha value is -0.610. The third-order valence-electron chi connectivity index (χ3n) is 4.70. The molecule has 2 aliphatic rings. The molecule has 0 aliphatic heterocycles. The molecule has 18 heavy (non-hydrogen) atoms. The van der Waals surface area contributed by atoms with Crippen molar-refractivity contribution in [3.8, 4) is 0 Å². The lowest BCUT2D eigenvalue weighted by Gasteiger charge is -2.58. The molecule has 1 spiro atoms. The van der Waals surface area contributed by atoms with E-state index in [2.05, 4.69) is 12.2 Å². The van der Waals surface area contributed by atoms with E-state index in [0.29, 0.717) is 30.5 Å². The zero-order valence-corrected chi connectivity index (χ0v) is 11.4. The first-order valence-electron chi connectivity index (χ1n) is 7.32. The van der Waals surface area contributed by atoms with Crippen molar-refractivity contribution in [2.75, 3.05) is 13.2 Å². The van der Waals surface area contributed by atoms with Gasteiger partial charge in [0.15, 0.2) is 0 Å². The standard InChI is InChI=1S/C14H26N2O2/c1-2-18-12-10-11(16-9-6-13(15)17)14(12)7-4-3-5-8-14/h11-12,16H,2-10H2,1H3,(H2,15,17). The molecule has 4 heteroatoms. The molecule has 3 N–H and O–H groups in total. The summed E-state index contributed by atoms with van der Waals surface area (Å²) in [4.78, 5) is 10.8. The second-order valence-electron chi connectivity index (χ2n) is 5.70. The Morgan fingerprint density at radius 1 is 1.39 bits per heavy atom. The summed E-state index contributed by atoms with van der Waals surface area (Å²) in [6.07, 6.45) is 8.48. The highest BCUT2D eigenvalue weighted by Crippen LogP contribution is 2.53. The molecule has 104 valence electrons. The van der Waals surface area contributed by atoms with Crippen molar-refractivity contribution in [3.63, 3.8) is 0 Å². The minimum atomic E-state index is -0.221. The second kappa shape index (κ2) is 6.02. The molecule has 0 aromatic carbocycles. The van der Waals surface area contributed by atoms with Crippen LogP contribution in [0.3, 0.4) is 0 Å². The quantitative estimate of drug-likeness (QED) is 0.756. The number of nitrogens with one attached hydrogen (secondary N) is 1. The third kappa shape index (κ3) is 2.69. The van der Waals surface area contributed by atoms with Crippen LogP contribution in [0.5, 0.6) is 0 Å². The largest absolute Gasteiger partial charge is 0.378 e. The number of rotatable bonds is 6. The normalized spacial score (nSPS) is 30.1. The summed E-state index contributed by atoms with van der Waals surface area (Å²) >= 11 is 0. The predicted molar refractivity (Wildman–Crippen MR) is 71.2 cm³/mol. The maximum absolute atomic E-state index is 10.8. The number of carbonyl (C=O) groups excluding carboxylic acids is 1. The van der Waals surface area contributed by atoms with E-state index in [1.165, 1.54) is 32.1 Å². The van der Waals surface area contributed by atoms with E-state index in [1.54, 1.807) is 0 Å². The fourth-order valence-corrected chi connectivity index (χ4v) is 3.72. The predicted octanol–water partition coefficient (Wildman–Crippen LogP) is 1.58. The molecular formula is C14H26N2O2. The number of hydrogen-bond donors (Lipinski definition) is 2. The van der Waals surface area contributed by atoms with Crippen LogP contribution in [0.15, 0.2) is 0 Å². The van der Waals surface area contributed by atoms with Crippen molar-refractivity contribution in [1.29, 1.82) is 0 Å². The molecule has 2 atom stereocenters. The smallest absolute Gasteiger partial charge is 0.218 e. The molecule has 2 saturated carbocycles. The molecule has 0 saturated heterocycles. The van der Waals surface area contributed by atoms with E-state index in [4.69, 9.17) is 10.5 Å². The van der Waals surface area contributed by atoms with E-state index >= 15 is 0 Å². The van der Waals surface area contributed by atoms with Crippen LogP contribution >= 0.6 is 0 Å². The number of hydrogen-bond acceptors (Lipinski definition) is 3. The van der Waals surface area contributed by atoms with Crippen LogP contribution in [0.25, 0.3) is 0 Å². The Morgan fingerprint density at radius 3 is 2.72 bits per heavy atom. The number of carbonyl (C=O) groups is 1. The molecule has 1 amide bonds. The van der Waals surface area contributed by atoms with Crippen molar-refractivity contribution >= 4 is 5.91 Å². The highest BCUT2D eigenvalue weighted by atomic mass is 16.5. The number of ether oxygens (including phenoxy) is 1. The first kappa shape index (κ1) is 13.8. The lowest BCUT2D eigenvalue weighted by atomic mass is 9.55. The molecular weight excluding hydrogens is 228 g/mol. The van der Waals surface area contributed by atoms with E-state index in [9.17, 15) is 4.79 Å². The van der Waals surface area contributed by atoms with Gasteiger partial charge in [-0.15, -0.1) is 0 Å². The average Bonchev–Trinajstić information content (AvgIpc) is 2.37. The summed E-state index contributed by atoms with van der Waals surface area (Å²) in [6, 6.07) is 0.522. The van der Waals surface area contributed by atoms with Gasteiger partial charge in [-0.25, -0.2) is 0 Å². The Kier molecular flexibility index (Phi) is 4.62. The van der Waals surface area contributed by atoms with Crippen molar-refractivity contribution in [3.05, 3.63) is 0 Å². The molecule has 2 fully saturated rings. The zero-order chi connectivity index (χ0) is 13.0. The number of amides is 1. The topological polar surface area (TPSA) is 64.3 Å². The molecule has 2 unspecified atom stereocenters. The number of primary amides is 1. The molecule has 0 aromatic heterocycles. The van der Waals surface area contributed by atoms with Crippen molar-refractivity contribution in [2.45, 2.75) is 64.0 Å². The fourth-order valence-electron chi connectivity index (χ4n) is 3.72. The maximum Gasteiger partial charge on any atom is 0.218 e. The summed E-state index contributed by atoms with van der Waals surface area (Å²) in [7, 11) is 0. The van der Waals surface area contributed by atoms with Crippen LogP contribution in [0.4, 0.5) is 0 Å². The Morgan fingerprint density at radius 2 is 2.11 bits per heavy atom. The minimum absolute atomic E-state index is 0.221. The van der Waals surface area contributed by atoms with Crippen molar-refractivity contribution < 1.29 is 9.53 Å². The third-order valence-corrected chi connectivity index (χ3v) is 4.70. The molecule has 4 nitrogen and oxygen atoms in total. The average molecular weight is 254 g/mol. The summed E-state index contributed by atoms with van der Waals surface area (Å²) in [5.74, 6) is -0.221. The van der Waals surface area contributed by atoms with Crippen LogP contribution < -0.4 is 11.1 Å². The van der Waals surface area contributed by atoms with Gasteiger partial charge in [0, 0.05) is 31.0 Å².